The van der Waals surface area contributed by atoms with Gasteiger partial charge in [0.05, 0.1) is 25.4 Å². The van der Waals surface area contributed by atoms with E-state index in [1.807, 2.05) is 6.08 Å². The number of hydrogen-bond donors (Lipinski definition) is 3. The summed E-state index contributed by atoms with van der Waals surface area (Å²) in [6, 6.07) is -0.639. The van der Waals surface area contributed by atoms with Crippen LogP contribution in [0.25, 0.3) is 0 Å². The van der Waals surface area contributed by atoms with Gasteiger partial charge >= 0.3 is 5.97 Å². The Labute approximate surface area is 360 Å². The van der Waals surface area contributed by atoms with Crippen LogP contribution in [0, 0.1) is 0 Å². The van der Waals surface area contributed by atoms with Crippen LogP contribution in [0.3, 0.4) is 0 Å². The molecule has 2 unspecified atom stereocenters. The number of unbranched alkanes of at least 4 members (excludes halogenated alkanes) is 31. The number of aliphatic hydroxyl groups is 2. The highest BCUT2D eigenvalue weighted by Gasteiger charge is 2.18. The number of nitrogens with one attached hydrogen (secondary N) is 1. The molecular weight excluding hydrogens is 719 g/mol. The summed E-state index contributed by atoms with van der Waals surface area (Å²) in [4.78, 5) is 24.4. The molecule has 0 heterocycles. The van der Waals surface area contributed by atoms with Gasteiger partial charge in [0.15, 0.2) is 0 Å². The van der Waals surface area contributed by atoms with Crippen LogP contribution in [0.1, 0.15) is 258 Å². The number of hydrogen-bond acceptors (Lipinski definition) is 5. The SMILES string of the molecule is CCCCC/C=C\CCCCCCCC(=O)OCCCCCCCCC/C=C\CCCCCCCC(=O)NC(CO)C(O)/C=C/CCCCCCCCCCCCC. The largest absolute Gasteiger partial charge is 0.466 e. The molecule has 2 atom stereocenters. The lowest BCUT2D eigenvalue weighted by Gasteiger charge is -2.20. The van der Waals surface area contributed by atoms with Gasteiger partial charge in [-0.3, -0.25) is 9.59 Å². The molecule has 0 fully saturated rings. The van der Waals surface area contributed by atoms with E-state index in [9.17, 15) is 19.8 Å². The van der Waals surface area contributed by atoms with E-state index in [2.05, 4.69) is 43.5 Å². The first-order chi connectivity index (χ1) is 28.5. The van der Waals surface area contributed by atoms with Gasteiger partial charge in [-0.25, -0.2) is 0 Å². The van der Waals surface area contributed by atoms with Crippen molar-refractivity contribution in [1.82, 2.24) is 5.32 Å². The highest BCUT2D eigenvalue weighted by molar-refractivity contribution is 5.76. The summed E-state index contributed by atoms with van der Waals surface area (Å²) in [6.45, 7) is 4.84. The molecule has 3 N–H and O–H groups in total. The standard InChI is InChI=1S/C52H97NO5/c1-3-5-7-9-11-13-15-21-24-28-32-36-40-44-50(55)49(48-54)53-51(56)45-41-37-33-29-25-22-19-17-18-20-23-27-31-35-39-43-47-58-52(57)46-42-38-34-30-26-16-14-12-10-8-6-4-2/h12,14,17,19,40,44,49-50,54-55H,3-11,13,15-16,18,20-39,41-43,45-48H2,1-2H3,(H,53,56)/b14-12-,19-17-,44-40+. The van der Waals surface area contributed by atoms with Crippen LogP contribution in [0.4, 0.5) is 0 Å². The molecule has 0 rings (SSSR count). The molecule has 0 aromatic heterocycles. The monoisotopic (exact) mass is 816 g/mol. The molecule has 0 radical (unpaired) electrons. The fraction of sp³-hybridized carbons (Fsp3) is 0.846. The first kappa shape index (κ1) is 56.1. The highest BCUT2D eigenvalue weighted by Crippen LogP contribution is 2.14. The van der Waals surface area contributed by atoms with Gasteiger partial charge in [-0.1, -0.05) is 198 Å². The van der Waals surface area contributed by atoms with Crippen LogP contribution in [0.5, 0.6) is 0 Å². The van der Waals surface area contributed by atoms with Gasteiger partial charge in [-0.15, -0.1) is 0 Å². The molecule has 0 aliphatic rings. The number of carbonyl (C=O) groups is 2. The summed E-state index contributed by atoms with van der Waals surface area (Å²) in [5.74, 6) is -0.101. The average Bonchev–Trinajstić information content (AvgIpc) is 3.22. The van der Waals surface area contributed by atoms with Gasteiger partial charge in [0.2, 0.25) is 5.91 Å². The topological polar surface area (TPSA) is 95.9 Å². The van der Waals surface area contributed by atoms with Crippen molar-refractivity contribution >= 4 is 11.9 Å². The minimum absolute atomic E-state index is 0.0148. The van der Waals surface area contributed by atoms with Crippen molar-refractivity contribution in [2.45, 2.75) is 270 Å². The lowest BCUT2D eigenvalue weighted by molar-refractivity contribution is -0.143. The summed E-state index contributed by atoms with van der Waals surface area (Å²) in [5.41, 5.74) is 0. The number of allylic oxidation sites excluding steroid dienone is 5. The number of esters is 1. The first-order valence-corrected chi connectivity index (χ1v) is 25.3. The normalized spacial score (nSPS) is 13.0. The third-order valence-electron chi connectivity index (χ3n) is 11.4. The predicted molar refractivity (Wildman–Crippen MR) is 250 cm³/mol. The van der Waals surface area contributed by atoms with Gasteiger partial charge in [0.1, 0.15) is 0 Å². The fourth-order valence-corrected chi connectivity index (χ4v) is 7.44. The van der Waals surface area contributed by atoms with Gasteiger partial charge in [-0.05, 0) is 83.5 Å². The van der Waals surface area contributed by atoms with Crippen molar-refractivity contribution in [3.05, 3.63) is 36.5 Å². The Kier molecular flexibility index (Phi) is 46.2. The average molecular weight is 816 g/mol. The van der Waals surface area contributed by atoms with E-state index in [0.717, 1.165) is 64.2 Å². The summed E-state index contributed by atoms with van der Waals surface area (Å²) < 4.78 is 5.44. The van der Waals surface area contributed by atoms with Crippen LogP contribution < -0.4 is 5.32 Å². The zero-order valence-electron chi connectivity index (χ0n) is 38.5. The van der Waals surface area contributed by atoms with E-state index in [-0.39, 0.29) is 18.5 Å². The second-order valence-electron chi connectivity index (χ2n) is 17.1. The molecule has 0 bridgehead atoms. The zero-order valence-corrected chi connectivity index (χ0v) is 38.5. The van der Waals surface area contributed by atoms with Gasteiger partial charge in [-0.2, -0.15) is 0 Å². The first-order valence-electron chi connectivity index (χ1n) is 25.3. The minimum atomic E-state index is -0.854. The summed E-state index contributed by atoms with van der Waals surface area (Å²) in [7, 11) is 0. The molecule has 6 nitrogen and oxygen atoms in total. The van der Waals surface area contributed by atoms with Gasteiger partial charge in [0, 0.05) is 12.8 Å². The van der Waals surface area contributed by atoms with E-state index in [1.165, 1.54) is 167 Å². The molecule has 0 aromatic carbocycles. The molecule has 1 amide bonds. The van der Waals surface area contributed by atoms with Gasteiger partial charge < -0.3 is 20.3 Å². The van der Waals surface area contributed by atoms with Crippen LogP contribution in [-0.2, 0) is 14.3 Å². The number of rotatable bonds is 46. The van der Waals surface area contributed by atoms with Crippen molar-refractivity contribution in [3.63, 3.8) is 0 Å². The Hall–Kier alpha value is -1.92. The van der Waals surface area contributed by atoms with E-state index >= 15 is 0 Å². The molecule has 0 aliphatic heterocycles. The summed E-state index contributed by atoms with van der Waals surface area (Å²) in [5, 5.41) is 23.0. The van der Waals surface area contributed by atoms with Crippen molar-refractivity contribution < 1.29 is 24.5 Å². The zero-order chi connectivity index (χ0) is 42.3. The maximum Gasteiger partial charge on any atom is 0.305 e. The van der Waals surface area contributed by atoms with Crippen LogP contribution in [0.15, 0.2) is 36.5 Å². The molecule has 6 heteroatoms. The summed E-state index contributed by atoms with van der Waals surface area (Å²) in [6.07, 6.45) is 57.1. The third kappa shape index (κ3) is 43.7. The molecule has 340 valence electrons. The number of aliphatic hydroxyl groups excluding tert-OH is 2. The molecule has 0 spiro atoms. The van der Waals surface area contributed by atoms with E-state index in [1.54, 1.807) is 6.08 Å². The van der Waals surface area contributed by atoms with Crippen molar-refractivity contribution in [2.75, 3.05) is 13.2 Å². The van der Waals surface area contributed by atoms with E-state index in [4.69, 9.17) is 4.74 Å². The van der Waals surface area contributed by atoms with Gasteiger partial charge in [0.25, 0.3) is 0 Å². The number of ether oxygens (including phenoxy) is 1. The Morgan fingerprint density at radius 2 is 0.810 bits per heavy atom. The predicted octanol–water partition coefficient (Wildman–Crippen LogP) is 14.9. The lowest BCUT2D eigenvalue weighted by atomic mass is 10.0. The highest BCUT2D eigenvalue weighted by atomic mass is 16.5. The second kappa shape index (κ2) is 47.8. The summed E-state index contributed by atoms with van der Waals surface area (Å²) >= 11 is 0. The third-order valence-corrected chi connectivity index (χ3v) is 11.4. The van der Waals surface area contributed by atoms with Crippen molar-refractivity contribution in [2.24, 2.45) is 0 Å². The van der Waals surface area contributed by atoms with E-state index < -0.39 is 12.1 Å². The van der Waals surface area contributed by atoms with Crippen LogP contribution in [-0.4, -0.2) is 47.4 Å². The molecule has 0 aliphatic carbocycles. The fourth-order valence-electron chi connectivity index (χ4n) is 7.44. The maximum atomic E-state index is 12.4. The smallest absolute Gasteiger partial charge is 0.305 e. The molecule has 0 aromatic rings. The molecular formula is C52H97NO5. The molecule has 58 heavy (non-hydrogen) atoms. The minimum Gasteiger partial charge on any atom is -0.466 e. The number of amides is 1. The Morgan fingerprint density at radius 1 is 0.466 bits per heavy atom. The Balaban J connectivity index is 3.51. The van der Waals surface area contributed by atoms with Crippen molar-refractivity contribution in [1.29, 1.82) is 0 Å². The molecule has 0 saturated heterocycles. The Morgan fingerprint density at radius 3 is 1.26 bits per heavy atom. The maximum absolute atomic E-state index is 12.4. The van der Waals surface area contributed by atoms with Crippen LogP contribution in [0.2, 0.25) is 0 Å². The van der Waals surface area contributed by atoms with E-state index in [0.29, 0.717) is 19.4 Å². The van der Waals surface area contributed by atoms with Crippen LogP contribution >= 0.6 is 0 Å². The number of carbonyl (C=O) groups excluding carboxylic acids is 2. The quantitative estimate of drug-likeness (QED) is 0.0323. The molecule has 0 saturated carbocycles. The Bertz CT molecular complexity index is 946. The van der Waals surface area contributed by atoms with Crippen molar-refractivity contribution in [3.8, 4) is 0 Å². The second-order valence-corrected chi connectivity index (χ2v) is 17.1. The lowest BCUT2D eigenvalue weighted by Crippen LogP contribution is -2.45.